The van der Waals surface area contributed by atoms with Gasteiger partial charge in [-0.15, -0.1) is 5.10 Å². The molecule has 1 aliphatic heterocycles. The normalized spacial score (nSPS) is 19.7. The molecular weight excluding hydrogens is 328 g/mol. The molecule has 0 radical (unpaired) electrons. The van der Waals surface area contributed by atoms with Gasteiger partial charge >= 0.3 is 0 Å². The van der Waals surface area contributed by atoms with Gasteiger partial charge in [0, 0.05) is 25.0 Å². The minimum Gasteiger partial charge on any atom is -0.340 e. The van der Waals surface area contributed by atoms with Crippen LogP contribution in [0.3, 0.4) is 0 Å². The summed E-state index contributed by atoms with van der Waals surface area (Å²) < 4.78 is 1.58. The molecule has 1 aromatic heterocycles. The van der Waals surface area contributed by atoms with Crippen molar-refractivity contribution in [3.63, 3.8) is 0 Å². The smallest absolute Gasteiger partial charge is 0.227 e. The van der Waals surface area contributed by atoms with E-state index in [1.54, 1.807) is 4.68 Å². The zero-order valence-corrected chi connectivity index (χ0v) is 14.3. The minimum atomic E-state index is -0.0245. The predicted molar refractivity (Wildman–Crippen MR) is 96.6 cm³/mol. The molecule has 2 atom stereocenters. The van der Waals surface area contributed by atoms with Gasteiger partial charge < -0.3 is 10.6 Å². The summed E-state index contributed by atoms with van der Waals surface area (Å²) in [5.41, 5.74) is 9.31. The highest BCUT2D eigenvalue weighted by Crippen LogP contribution is 2.26. The number of aromatic nitrogens is 4. The number of hydrogen-bond donors (Lipinski definition) is 1. The van der Waals surface area contributed by atoms with E-state index < -0.39 is 0 Å². The van der Waals surface area contributed by atoms with Crippen molar-refractivity contribution in [2.75, 3.05) is 13.1 Å². The molecule has 132 valence electrons. The van der Waals surface area contributed by atoms with Crippen molar-refractivity contribution < 1.29 is 4.79 Å². The molecule has 26 heavy (non-hydrogen) atoms. The molecule has 1 amide bonds. The average molecular weight is 348 g/mol. The van der Waals surface area contributed by atoms with Crippen LogP contribution in [-0.4, -0.2) is 50.1 Å². The molecule has 2 N–H and O–H groups in total. The molecule has 1 fully saturated rings. The van der Waals surface area contributed by atoms with Gasteiger partial charge in [0.2, 0.25) is 5.91 Å². The van der Waals surface area contributed by atoms with Crippen molar-refractivity contribution in [3.05, 3.63) is 72.1 Å². The second kappa shape index (κ2) is 7.05. The van der Waals surface area contributed by atoms with Gasteiger partial charge in [0.25, 0.3) is 0 Å². The Hall–Kier alpha value is -3.06. The molecule has 0 saturated carbocycles. The van der Waals surface area contributed by atoms with Crippen LogP contribution in [0.2, 0.25) is 0 Å². The molecule has 0 spiro atoms. The summed E-state index contributed by atoms with van der Waals surface area (Å²) >= 11 is 0. The minimum absolute atomic E-state index is 0.0245. The van der Waals surface area contributed by atoms with Crippen LogP contribution in [0.15, 0.2) is 60.9 Å². The van der Waals surface area contributed by atoms with Crippen LogP contribution in [0.25, 0.3) is 5.69 Å². The highest BCUT2D eigenvalue weighted by Gasteiger charge is 2.33. The van der Waals surface area contributed by atoms with Gasteiger partial charge in [0.15, 0.2) is 0 Å². The fraction of sp³-hybridized carbons (Fsp3) is 0.263. The second-order valence-corrected chi connectivity index (χ2v) is 6.58. The lowest BCUT2D eigenvalue weighted by Gasteiger charge is -2.16. The molecule has 0 unspecified atom stereocenters. The predicted octanol–water partition coefficient (Wildman–Crippen LogP) is 1.16. The van der Waals surface area contributed by atoms with Gasteiger partial charge in [0.05, 0.1) is 12.1 Å². The number of hydrogen-bond acceptors (Lipinski definition) is 5. The maximum Gasteiger partial charge on any atom is 0.227 e. The monoisotopic (exact) mass is 348 g/mol. The Balaban J connectivity index is 1.41. The second-order valence-electron chi connectivity index (χ2n) is 6.58. The Morgan fingerprint density at radius 2 is 1.85 bits per heavy atom. The first-order valence-electron chi connectivity index (χ1n) is 8.61. The topological polar surface area (TPSA) is 89.9 Å². The fourth-order valence-corrected chi connectivity index (χ4v) is 3.42. The highest BCUT2D eigenvalue weighted by molar-refractivity contribution is 5.79. The largest absolute Gasteiger partial charge is 0.340 e. The van der Waals surface area contributed by atoms with E-state index in [0.29, 0.717) is 19.5 Å². The molecule has 3 aromatic rings. The van der Waals surface area contributed by atoms with E-state index in [9.17, 15) is 4.79 Å². The summed E-state index contributed by atoms with van der Waals surface area (Å²) in [7, 11) is 0. The van der Waals surface area contributed by atoms with E-state index in [1.165, 1.54) is 11.9 Å². The van der Waals surface area contributed by atoms with Gasteiger partial charge in [-0.3, -0.25) is 4.79 Å². The molecule has 4 rings (SSSR count). The average Bonchev–Trinajstić information content (AvgIpc) is 3.33. The van der Waals surface area contributed by atoms with E-state index in [-0.39, 0.29) is 17.9 Å². The van der Waals surface area contributed by atoms with Crippen molar-refractivity contribution >= 4 is 5.91 Å². The van der Waals surface area contributed by atoms with Crippen LogP contribution >= 0.6 is 0 Å². The number of carbonyl (C=O) groups is 1. The number of nitrogens with zero attached hydrogens (tertiary/aromatic N) is 5. The molecule has 0 aliphatic carbocycles. The van der Waals surface area contributed by atoms with E-state index in [0.717, 1.165) is 11.3 Å². The first kappa shape index (κ1) is 16.4. The molecular formula is C19H20N6O. The van der Waals surface area contributed by atoms with Crippen molar-refractivity contribution in [2.24, 2.45) is 5.73 Å². The van der Waals surface area contributed by atoms with Crippen LogP contribution in [0, 0.1) is 0 Å². The molecule has 2 heterocycles. The van der Waals surface area contributed by atoms with Gasteiger partial charge in [0.1, 0.15) is 6.33 Å². The van der Waals surface area contributed by atoms with Crippen molar-refractivity contribution in [1.29, 1.82) is 0 Å². The SMILES string of the molecule is N[C@@H]1CN(C(=O)Cc2ccc(-n3cnnn3)cc2)C[C@H]1c1ccccc1. The zero-order valence-electron chi connectivity index (χ0n) is 14.3. The van der Waals surface area contributed by atoms with Crippen LogP contribution < -0.4 is 5.73 Å². The number of nitrogens with two attached hydrogens (primary N) is 1. The third-order valence-electron chi connectivity index (χ3n) is 4.85. The van der Waals surface area contributed by atoms with Crippen molar-refractivity contribution in [1.82, 2.24) is 25.1 Å². The van der Waals surface area contributed by atoms with Crippen LogP contribution in [0.4, 0.5) is 0 Å². The Bertz CT molecular complexity index is 863. The van der Waals surface area contributed by atoms with Gasteiger partial charge in [-0.05, 0) is 33.7 Å². The molecule has 2 aromatic carbocycles. The van der Waals surface area contributed by atoms with E-state index >= 15 is 0 Å². The lowest BCUT2D eigenvalue weighted by atomic mass is 9.95. The van der Waals surface area contributed by atoms with E-state index in [4.69, 9.17) is 5.73 Å². The summed E-state index contributed by atoms with van der Waals surface area (Å²) in [6, 6.07) is 17.8. The number of likely N-dealkylation sites (tertiary alicyclic amines) is 1. The quantitative estimate of drug-likeness (QED) is 0.764. The Morgan fingerprint density at radius 3 is 2.54 bits per heavy atom. The van der Waals surface area contributed by atoms with E-state index in [1.807, 2.05) is 47.4 Å². The summed E-state index contributed by atoms with van der Waals surface area (Å²) in [6.45, 7) is 1.27. The standard InChI is InChI=1S/C19H20N6O/c20-18-12-24(11-17(18)15-4-2-1-3-5-15)19(26)10-14-6-8-16(9-7-14)25-13-21-22-23-25/h1-9,13,17-18H,10-12,20H2/t17-,18+/m0/s1. The number of benzene rings is 2. The molecule has 1 saturated heterocycles. The molecule has 7 heteroatoms. The first-order valence-corrected chi connectivity index (χ1v) is 8.61. The maximum atomic E-state index is 12.7. The summed E-state index contributed by atoms with van der Waals surface area (Å²) in [5.74, 6) is 0.302. The summed E-state index contributed by atoms with van der Waals surface area (Å²) in [5, 5.41) is 11.1. The lowest BCUT2D eigenvalue weighted by molar-refractivity contribution is -0.129. The Kier molecular flexibility index (Phi) is 4.45. The van der Waals surface area contributed by atoms with Gasteiger partial charge in [-0.2, -0.15) is 0 Å². The molecule has 7 nitrogen and oxygen atoms in total. The number of amides is 1. The lowest BCUT2D eigenvalue weighted by Crippen LogP contribution is -2.33. The number of carbonyl (C=O) groups excluding carboxylic acids is 1. The third-order valence-corrected chi connectivity index (χ3v) is 4.85. The van der Waals surface area contributed by atoms with Crippen molar-refractivity contribution in [2.45, 2.75) is 18.4 Å². The summed E-state index contributed by atoms with van der Waals surface area (Å²) in [4.78, 5) is 14.6. The third kappa shape index (κ3) is 3.34. The van der Waals surface area contributed by atoms with Gasteiger partial charge in [-0.25, -0.2) is 4.68 Å². The maximum absolute atomic E-state index is 12.7. The van der Waals surface area contributed by atoms with Gasteiger partial charge in [-0.1, -0.05) is 42.5 Å². The first-order chi connectivity index (χ1) is 12.7. The number of tetrazole rings is 1. The van der Waals surface area contributed by atoms with Crippen LogP contribution in [0.1, 0.15) is 17.0 Å². The molecule has 0 bridgehead atoms. The molecule has 1 aliphatic rings. The Morgan fingerprint density at radius 1 is 1.08 bits per heavy atom. The fourth-order valence-electron chi connectivity index (χ4n) is 3.42. The number of rotatable bonds is 4. The highest BCUT2D eigenvalue weighted by atomic mass is 16.2. The summed E-state index contributed by atoms with van der Waals surface area (Å²) in [6.07, 6.45) is 1.90. The zero-order chi connectivity index (χ0) is 17.9. The Labute approximate surface area is 151 Å². The van der Waals surface area contributed by atoms with Crippen LogP contribution in [0.5, 0.6) is 0 Å². The van der Waals surface area contributed by atoms with Crippen LogP contribution in [-0.2, 0) is 11.2 Å². The van der Waals surface area contributed by atoms with Crippen molar-refractivity contribution in [3.8, 4) is 5.69 Å². The van der Waals surface area contributed by atoms with E-state index in [2.05, 4.69) is 27.7 Å².